The molecule has 23 heavy (non-hydrogen) atoms. The van der Waals surface area contributed by atoms with Crippen LogP contribution in [0.3, 0.4) is 0 Å². The molecule has 7 heteroatoms. The SMILES string of the molecule is Cc1nnc(SCC(=O)NC(=O)c2ccc(C(C)(C)C)cc2)s1. The van der Waals surface area contributed by atoms with E-state index in [9.17, 15) is 9.59 Å². The summed E-state index contributed by atoms with van der Waals surface area (Å²) in [5, 5.41) is 11.0. The smallest absolute Gasteiger partial charge is 0.257 e. The summed E-state index contributed by atoms with van der Waals surface area (Å²) in [6.45, 7) is 8.18. The van der Waals surface area contributed by atoms with Crippen LogP contribution >= 0.6 is 23.1 Å². The molecule has 5 nitrogen and oxygen atoms in total. The third-order valence-electron chi connectivity index (χ3n) is 3.10. The Morgan fingerprint density at radius 2 is 1.83 bits per heavy atom. The highest BCUT2D eigenvalue weighted by atomic mass is 32.2. The minimum absolute atomic E-state index is 0.0291. The highest BCUT2D eigenvalue weighted by Crippen LogP contribution is 2.23. The van der Waals surface area contributed by atoms with Crippen LogP contribution in [0.5, 0.6) is 0 Å². The molecule has 0 saturated carbocycles. The first-order chi connectivity index (χ1) is 10.8. The molecule has 0 radical (unpaired) electrons. The van der Waals surface area contributed by atoms with E-state index in [0.717, 1.165) is 14.9 Å². The molecule has 2 aromatic rings. The first-order valence-electron chi connectivity index (χ1n) is 7.13. The maximum absolute atomic E-state index is 12.1. The molecule has 1 aromatic heterocycles. The number of benzene rings is 1. The zero-order chi connectivity index (χ0) is 17.0. The van der Waals surface area contributed by atoms with Crippen LogP contribution in [0.4, 0.5) is 0 Å². The van der Waals surface area contributed by atoms with E-state index >= 15 is 0 Å². The first kappa shape index (κ1) is 17.6. The van der Waals surface area contributed by atoms with Crippen LogP contribution in [-0.2, 0) is 10.2 Å². The lowest BCUT2D eigenvalue weighted by Gasteiger charge is -2.18. The number of amides is 2. The second kappa shape index (κ2) is 7.23. The van der Waals surface area contributed by atoms with Crippen LogP contribution in [0.15, 0.2) is 28.6 Å². The topological polar surface area (TPSA) is 72.0 Å². The Bertz CT molecular complexity index is 703. The average Bonchev–Trinajstić information content (AvgIpc) is 2.90. The van der Waals surface area contributed by atoms with Gasteiger partial charge in [0.1, 0.15) is 5.01 Å². The number of nitrogens with one attached hydrogen (secondary N) is 1. The molecular formula is C16H19N3O2S2. The molecule has 0 unspecified atom stereocenters. The highest BCUT2D eigenvalue weighted by molar-refractivity contribution is 8.01. The van der Waals surface area contributed by atoms with Crippen LogP contribution in [0.2, 0.25) is 0 Å². The maximum Gasteiger partial charge on any atom is 0.257 e. The number of hydrogen-bond acceptors (Lipinski definition) is 6. The van der Waals surface area contributed by atoms with E-state index in [2.05, 4.69) is 36.3 Å². The number of nitrogens with zero attached hydrogens (tertiary/aromatic N) is 2. The lowest BCUT2D eigenvalue weighted by molar-refractivity contribution is -0.117. The zero-order valence-electron chi connectivity index (χ0n) is 13.5. The predicted molar refractivity (Wildman–Crippen MR) is 93.0 cm³/mol. The molecule has 2 rings (SSSR count). The molecule has 0 spiro atoms. The fourth-order valence-corrected chi connectivity index (χ4v) is 3.44. The summed E-state index contributed by atoms with van der Waals surface area (Å²) in [6.07, 6.45) is 0. The Kier molecular flexibility index (Phi) is 5.54. The van der Waals surface area contributed by atoms with E-state index < -0.39 is 0 Å². The molecule has 1 aromatic carbocycles. The Labute approximate surface area is 143 Å². The first-order valence-corrected chi connectivity index (χ1v) is 8.93. The van der Waals surface area contributed by atoms with E-state index in [-0.39, 0.29) is 23.0 Å². The lowest BCUT2D eigenvalue weighted by Crippen LogP contribution is -2.31. The van der Waals surface area contributed by atoms with Crippen molar-refractivity contribution in [2.45, 2.75) is 37.4 Å². The lowest BCUT2D eigenvalue weighted by atomic mass is 9.87. The van der Waals surface area contributed by atoms with Crippen LogP contribution in [0, 0.1) is 6.92 Å². The average molecular weight is 349 g/mol. The number of rotatable bonds is 4. The second-order valence-corrected chi connectivity index (χ2v) is 8.48. The van der Waals surface area contributed by atoms with Gasteiger partial charge in [-0.3, -0.25) is 14.9 Å². The quantitative estimate of drug-likeness (QED) is 0.858. The molecule has 0 saturated heterocycles. The van der Waals surface area contributed by atoms with E-state index in [4.69, 9.17) is 0 Å². The van der Waals surface area contributed by atoms with Gasteiger partial charge in [-0.05, 0) is 30.0 Å². The molecule has 0 bridgehead atoms. The van der Waals surface area contributed by atoms with Crippen LogP contribution in [0.1, 0.15) is 41.7 Å². The van der Waals surface area contributed by atoms with Crippen molar-refractivity contribution < 1.29 is 9.59 Å². The summed E-state index contributed by atoms with van der Waals surface area (Å²) in [5.41, 5.74) is 1.65. The zero-order valence-corrected chi connectivity index (χ0v) is 15.2. The number of thioether (sulfide) groups is 1. The van der Waals surface area contributed by atoms with Crippen molar-refractivity contribution in [3.63, 3.8) is 0 Å². The van der Waals surface area contributed by atoms with Crippen molar-refractivity contribution >= 4 is 34.9 Å². The van der Waals surface area contributed by atoms with Crippen LogP contribution in [-0.4, -0.2) is 27.8 Å². The van der Waals surface area contributed by atoms with Crippen LogP contribution < -0.4 is 5.32 Å². The molecular weight excluding hydrogens is 330 g/mol. The summed E-state index contributed by atoms with van der Waals surface area (Å²) in [7, 11) is 0. The minimum atomic E-state index is -0.385. The van der Waals surface area contributed by atoms with Crippen LogP contribution in [0.25, 0.3) is 0 Å². The number of imide groups is 1. The van der Waals surface area contributed by atoms with Crippen molar-refractivity contribution in [2.24, 2.45) is 0 Å². The Morgan fingerprint density at radius 3 is 2.35 bits per heavy atom. The molecule has 0 fully saturated rings. The summed E-state index contributed by atoms with van der Waals surface area (Å²) < 4.78 is 0.722. The fourth-order valence-electron chi connectivity index (χ4n) is 1.82. The Morgan fingerprint density at radius 1 is 1.17 bits per heavy atom. The fraction of sp³-hybridized carbons (Fsp3) is 0.375. The molecule has 0 atom stereocenters. The molecule has 0 aliphatic heterocycles. The van der Waals surface area contributed by atoms with Gasteiger partial charge in [-0.1, -0.05) is 56.0 Å². The maximum atomic E-state index is 12.1. The van der Waals surface area contributed by atoms with E-state index in [0.29, 0.717) is 5.56 Å². The molecule has 1 N–H and O–H groups in total. The third kappa shape index (κ3) is 5.14. The number of aryl methyl sites for hydroxylation is 1. The molecule has 2 amide bonds. The van der Waals surface area contributed by atoms with Gasteiger partial charge >= 0.3 is 0 Å². The van der Waals surface area contributed by atoms with E-state index in [1.54, 1.807) is 12.1 Å². The van der Waals surface area contributed by atoms with Gasteiger partial charge in [0.05, 0.1) is 5.75 Å². The van der Waals surface area contributed by atoms with Crippen molar-refractivity contribution in [2.75, 3.05) is 5.75 Å². The molecule has 122 valence electrons. The standard InChI is InChI=1S/C16H19N3O2S2/c1-10-18-19-15(23-10)22-9-13(20)17-14(21)11-5-7-12(8-6-11)16(2,3)4/h5-8H,9H2,1-4H3,(H,17,20,21). The van der Waals surface area contributed by atoms with Gasteiger partial charge < -0.3 is 0 Å². The van der Waals surface area contributed by atoms with Crippen molar-refractivity contribution in [1.82, 2.24) is 15.5 Å². The van der Waals surface area contributed by atoms with Gasteiger partial charge in [0, 0.05) is 5.56 Å². The van der Waals surface area contributed by atoms with Crippen molar-refractivity contribution in [3.05, 3.63) is 40.4 Å². The van der Waals surface area contributed by atoms with E-state index in [1.165, 1.54) is 23.1 Å². The van der Waals surface area contributed by atoms with Gasteiger partial charge in [0.15, 0.2) is 4.34 Å². The minimum Gasteiger partial charge on any atom is -0.292 e. The summed E-state index contributed by atoms with van der Waals surface area (Å²) in [4.78, 5) is 23.9. The van der Waals surface area contributed by atoms with Crippen molar-refractivity contribution in [1.29, 1.82) is 0 Å². The summed E-state index contributed by atoms with van der Waals surface area (Å²) in [6, 6.07) is 7.31. The summed E-state index contributed by atoms with van der Waals surface area (Å²) >= 11 is 2.70. The molecule has 0 aliphatic rings. The second-order valence-electron chi connectivity index (χ2n) is 6.08. The van der Waals surface area contributed by atoms with Gasteiger partial charge in [-0.15, -0.1) is 10.2 Å². The number of carbonyl (C=O) groups is 2. The normalized spacial score (nSPS) is 11.3. The number of hydrogen-bond donors (Lipinski definition) is 1. The highest BCUT2D eigenvalue weighted by Gasteiger charge is 2.15. The summed E-state index contributed by atoms with van der Waals surface area (Å²) in [5.74, 6) is -0.585. The van der Waals surface area contributed by atoms with E-state index in [1.807, 2.05) is 19.1 Å². The number of carbonyl (C=O) groups excluding carboxylic acids is 2. The van der Waals surface area contributed by atoms with Gasteiger partial charge in [-0.2, -0.15) is 0 Å². The van der Waals surface area contributed by atoms with Crippen molar-refractivity contribution in [3.8, 4) is 0 Å². The Balaban J connectivity index is 1.89. The van der Waals surface area contributed by atoms with Gasteiger partial charge in [0.25, 0.3) is 5.91 Å². The Hall–Kier alpha value is -1.73. The third-order valence-corrected chi connectivity index (χ3v) is 5.07. The largest absolute Gasteiger partial charge is 0.292 e. The number of aromatic nitrogens is 2. The monoisotopic (exact) mass is 349 g/mol. The molecule has 0 aliphatic carbocycles. The van der Waals surface area contributed by atoms with Gasteiger partial charge in [-0.25, -0.2) is 0 Å². The molecule has 1 heterocycles. The predicted octanol–water partition coefficient (Wildman–Crippen LogP) is 3.19. The van der Waals surface area contributed by atoms with Gasteiger partial charge in [0.2, 0.25) is 5.91 Å².